The van der Waals surface area contributed by atoms with Crippen molar-refractivity contribution in [2.75, 3.05) is 40.4 Å². The van der Waals surface area contributed by atoms with Crippen LogP contribution >= 0.6 is 0 Å². The van der Waals surface area contributed by atoms with Crippen LogP contribution in [0.3, 0.4) is 0 Å². The molecule has 1 heterocycles. The molecule has 0 unspecified atom stereocenters. The highest BCUT2D eigenvalue weighted by Gasteiger charge is 2.23. The summed E-state index contributed by atoms with van der Waals surface area (Å²) in [4.78, 5) is 27.2. The van der Waals surface area contributed by atoms with Gasteiger partial charge in [-0.15, -0.1) is 0 Å². The molecule has 1 aliphatic rings. The molecule has 28 heavy (non-hydrogen) atoms. The maximum atomic E-state index is 12.8. The Balaban J connectivity index is 1.59. The van der Waals surface area contributed by atoms with Crippen LogP contribution in [0.15, 0.2) is 42.5 Å². The van der Waals surface area contributed by atoms with Gasteiger partial charge in [-0.1, -0.05) is 12.1 Å². The molecule has 1 amide bonds. The molecule has 8 heteroatoms. The van der Waals surface area contributed by atoms with Gasteiger partial charge in [0.15, 0.2) is 0 Å². The van der Waals surface area contributed by atoms with Crippen LogP contribution in [-0.2, 0) is 6.54 Å². The van der Waals surface area contributed by atoms with Crippen LogP contribution in [0.5, 0.6) is 11.5 Å². The number of nitrogens with zero attached hydrogens (tertiary/aromatic N) is 3. The Kier molecular flexibility index (Phi) is 6.10. The minimum atomic E-state index is -0.401. The normalized spacial score (nSPS) is 14.6. The van der Waals surface area contributed by atoms with Gasteiger partial charge in [-0.05, 0) is 17.7 Å². The van der Waals surface area contributed by atoms with Gasteiger partial charge in [0.25, 0.3) is 11.6 Å². The molecule has 1 saturated heterocycles. The first kappa shape index (κ1) is 19.6. The van der Waals surface area contributed by atoms with Crippen molar-refractivity contribution in [1.82, 2.24) is 9.80 Å². The van der Waals surface area contributed by atoms with Crippen molar-refractivity contribution < 1.29 is 19.2 Å². The Morgan fingerprint density at radius 2 is 1.57 bits per heavy atom. The Morgan fingerprint density at radius 1 is 1.00 bits per heavy atom. The molecule has 0 spiro atoms. The predicted molar refractivity (Wildman–Crippen MR) is 104 cm³/mol. The summed E-state index contributed by atoms with van der Waals surface area (Å²) in [6.45, 7) is 3.41. The molecule has 0 saturated carbocycles. The minimum absolute atomic E-state index is 0.0489. The van der Waals surface area contributed by atoms with E-state index in [1.54, 1.807) is 44.6 Å². The Hall–Kier alpha value is -3.13. The van der Waals surface area contributed by atoms with Gasteiger partial charge in [-0.3, -0.25) is 19.8 Å². The Bertz CT molecular complexity index is 823. The maximum Gasteiger partial charge on any atom is 0.269 e. The molecule has 8 nitrogen and oxygen atoms in total. The third-order valence-electron chi connectivity index (χ3n) is 4.81. The van der Waals surface area contributed by atoms with Crippen molar-refractivity contribution in [3.63, 3.8) is 0 Å². The van der Waals surface area contributed by atoms with Gasteiger partial charge < -0.3 is 14.4 Å². The van der Waals surface area contributed by atoms with Crippen LogP contribution in [0.25, 0.3) is 0 Å². The Morgan fingerprint density at radius 3 is 2.07 bits per heavy atom. The number of nitro groups is 1. The lowest BCUT2D eigenvalue weighted by atomic mass is 10.1. The molecular formula is C20H23N3O5. The molecular weight excluding hydrogens is 362 g/mol. The van der Waals surface area contributed by atoms with Gasteiger partial charge in [-0.25, -0.2) is 0 Å². The van der Waals surface area contributed by atoms with Gasteiger partial charge in [0.2, 0.25) is 0 Å². The molecule has 1 aliphatic heterocycles. The quantitative estimate of drug-likeness (QED) is 0.561. The molecule has 0 radical (unpaired) electrons. The van der Waals surface area contributed by atoms with E-state index in [0.29, 0.717) is 36.7 Å². The van der Waals surface area contributed by atoms with E-state index in [-0.39, 0.29) is 11.6 Å². The lowest BCUT2D eigenvalue weighted by molar-refractivity contribution is -0.384. The number of amides is 1. The van der Waals surface area contributed by atoms with Crippen LogP contribution in [0.2, 0.25) is 0 Å². The van der Waals surface area contributed by atoms with Crippen LogP contribution in [0, 0.1) is 10.1 Å². The van der Waals surface area contributed by atoms with E-state index < -0.39 is 4.92 Å². The van der Waals surface area contributed by atoms with Crippen molar-refractivity contribution in [1.29, 1.82) is 0 Å². The maximum absolute atomic E-state index is 12.8. The summed E-state index contributed by atoms with van der Waals surface area (Å²) in [5, 5.41) is 10.7. The van der Waals surface area contributed by atoms with Gasteiger partial charge in [-0.2, -0.15) is 0 Å². The molecule has 0 aliphatic carbocycles. The summed E-state index contributed by atoms with van der Waals surface area (Å²) in [6, 6.07) is 11.8. The van der Waals surface area contributed by atoms with E-state index >= 15 is 0 Å². The standard InChI is InChI=1S/C20H23N3O5/c1-27-18-11-16(12-19(13-18)28-2)20(24)22-9-7-21(8-10-22)14-15-3-5-17(6-4-15)23(25)26/h3-6,11-13H,7-10,14H2,1-2H3. The fourth-order valence-electron chi connectivity index (χ4n) is 3.20. The van der Waals surface area contributed by atoms with Gasteiger partial charge in [0.05, 0.1) is 19.1 Å². The third-order valence-corrected chi connectivity index (χ3v) is 4.81. The van der Waals surface area contributed by atoms with Crippen molar-refractivity contribution in [2.45, 2.75) is 6.54 Å². The second-order valence-electron chi connectivity index (χ2n) is 6.59. The smallest absolute Gasteiger partial charge is 0.269 e. The molecule has 0 N–H and O–H groups in total. The van der Waals surface area contributed by atoms with Crippen LogP contribution in [0.4, 0.5) is 5.69 Å². The van der Waals surface area contributed by atoms with E-state index in [0.717, 1.165) is 18.7 Å². The number of carbonyl (C=O) groups is 1. The van der Waals surface area contributed by atoms with Crippen LogP contribution in [0.1, 0.15) is 15.9 Å². The second kappa shape index (κ2) is 8.71. The second-order valence-corrected chi connectivity index (χ2v) is 6.59. The predicted octanol–water partition coefficient (Wildman–Crippen LogP) is 2.57. The molecule has 0 aromatic heterocycles. The molecule has 1 fully saturated rings. The summed E-state index contributed by atoms with van der Waals surface area (Å²) < 4.78 is 10.5. The molecule has 2 aromatic carbocycles. The number of carbonyl (C=O) groups excluding carboxylic acids is 1. The summed E-state index contributed by atoms with van der Waals surface area (Å²) in [5.74, 6) is 1.12. The largest absolute Gasteiger partial charge is 0.497 e. The highest BCUT2D eigenvalue weighted by atomic mass is 16.6. The fourth-order valence-corrected chi connectivity index (χ4v) is 3.20. The molecule has 148 valence electrons. The van der Waals surface area contributed by atoms with Crippen LogP contribution < -0.4 is 9.47 Å². The minimum Gasteiger partial charge on any atom is -0.497 e. The lowest BCUT2D eigenvalue weighted by Crippen LogP contribution is -2.48. The van der Waals surface area contributed by atoms with Crippen molar-refractivity contribution in [3.8, 4) is 11.5 Å². The van der Waals surface area contributed by atoms with E-state index in [1.165, 1.54) is 12.1 Å². The number of benzene rings is 2. The van der Waals surface area contributed by atoms with E-state index in [4.69, 9.17) is 9.47 Å². The van der Waals surface area contributed by atoms with Crippen molar-refractivity contribution in [3.05, 3.63) is 63.7 Å². The summed E-state index contributed by atoms with van der Waals surface area (Å²) in [6.07, 6.45) is 0. The summed E-state index contributed by atoms with van der Waals surface area (Å²) in [5.41, 5.74) is 1.65. The zero-order chi connectivity index (χ0) is 20.1. The molecule has 0 bridgehead atoms. The van der Waals surface area contributed by atoms with Gasteiger partial charge >= 0.3 is 0 Å². The number of hydrogen-bond acceptors (Lipinski definition) is 6. The number of rotatable bonds is 6. The first-order chi connectivity index (χ1) is 13.5. The summed E-state index contributed by atoms with van der Waals surface area (Å²) in [7, 11) is 3.11. The van der Waals surface area contributed by atoms with E-state index in [1.807, 2.05) is 4.90 Å². The SMILES string of the molecule is COc1cc(OC)cc(C(=O)N2CCN(Cc3ccc([N+](=O)[O-])cc3)CC2)c1. The van der Waals surface area contributed by atoms with E-state index in [9.17, 15) is 14.9 Å². The number of hydrogen-bond donors (Lipinski definition) is 0. The van der Waals surface area contributed by atoms with Crippen LogP contribution in [-0.4, -0.2) is 61.0 Å². The monoisotopic (exact) mass is 385 g/mol. The topological polar surface area (TPSA) is 85.2 Å². The van der Waals surface area contributed by atoms with Gasteiger partial charge in [0.1, 0.15) is 11.5 Å². The first-order valence-corrected chi connectivity index (χ1v) is 8.98. The van der Waals surface area contributed by atoms with Crippen molar-refractivity contribution >= 4 is 11.6 Å². The highest BCUT2D eigenvalue weighted by Crippen LogP contribution is 2.24. The number of methoxy groups -OCH3 is 2. The number of ether oxygens (including phenoxy) is 2. The highest BCUT2D eigenvalue weighted by molar-refractivity contribution is 5.95. The average Bonchev–Trinajstić information content (AvgIpc) is 2.73. The van der Waals surface area contributed by atoms with Gasteiger partial charge in [0, 0.05) is 56.5 Å². The number of piperazine rings is 1. The average molecular weight is 385 g/mol. The molecule has 0 atom stereocenters. The van der Waals surface area contributed by atoms with E-state index in [2.05, 4.69) is 4.90 Å². The first-order valence-electron chi connectivity index (χ1n) is 8.98. The number of nitro benzene ring substituents is 1. The molecule has 2 aromatic rings. The number of non-ortho nitro benzene ring substituents is 1. The zero-order valence-electron chi connectivity index (χ0n) is 16.0. The fraction of sp³-hybridized carbons (Fsp3) is 0.350. The van der Waals surface area contributed by atoms with Crippen molar-refractivity contribution in [2.24, 2.45) is 0 Å². The third kappa shape index (κ3) is 4.58. The Labute approximate surface area is 163 Å². The molecule has 3 rings (SSSR count). The lowest BCUT2D eigenvalue weighted by Gasteiger charge is -2.34. The summed E-state index contributed by atoms with van der Waals surface area (Å²) >= 11 is 0. The zero-order valence-corrected chi connectivity index (χ0v) is 16.0.